The predicted molar refractivity (Wildman–Crippen MR) is 79.2 cm³/mol. The summed E-state index contributed by atoms with van der Waals surface area (Å²) in [6.07, 6.45) is -0.258. The van der Waals surface area contributed by atoms with Crippen LogP contribution in [0.25, 0.3) is 0 Å². The number of aliphatic hydroxyl groups excluding tert-OH is 1. The summed E-state index contributed by atoms with van der Waals surface area (Å²) in [6, 6.07) is 5.99. The number of methoxy groups -OCH3 is 2. The maximum atomic E-state index is 10.5. The molecule has 0 spiro atoms. The van der Waals surface area contributed by atoms with E-state index in [0.29, 0.717) is 13.0 Å². The lowest BCUT2D eigenvalue weighted by molar-refractivity contribution is -0.167. The van der Waals surface area contributed by atoms with Gasteiger partial charge in [0.2, 0.25) is 0 Å². The van der Waals surface area contributed by atoms with Crippen LogP contribution in [-0.4, -0.2) is 57.4 Å². The summed E-state index contributed by atoms with van der Waals surface area (Å²) in [5.41, 5.74) is 0.956. The number of rotatable bonds is 4. The molecule has 1 aliphatic heterocycles. The van der Waals surface area contributed by atoms with Crippen LogP contribution >= 0.6 is 0 Å². The van der Waals surface area contributed by atoms with Crippen molar-refractivity contribution in [1.29, 1.82) is 0 Å². The average Bonchev–Trinajstić information content (AvgIpc) is 2.87. The summed E-state index contributed by atoms with van der Waals surface area (Å²) < 4.78 is 44.7. The van der Waals surface area contributed by atoms with E-state index >= 15 is 0 Å². The Kier molecular flexibility index (Phi) is 7.40. The van der Waals surface area contributed by atoms with Crippen LogP contribution in [0.1, 0.15) is 12.0 Å². The molecule has 8 heteroatoms. The molecule has 0 unspecified atom stereocenters. The normalized spacial score (nSPS) is 21.5. The molecular formula is C14H22O7S. The van der Waals surface area contributed by atoms with Crippen molar-refractivity contribution in [3.8, 4) is 0 Å². The fourth-order valence-electron chi connectivity index (χ4n) is 1.94. The summed E-state index contributed by atoms with van der Waals surface area (Å²) in [5, 5.41) is 9.10. The molecule has 1 aliphatic rings. The Morgan fingerprint density at radius 2 is 1.77 bits per heavy atom. The summed E-state index contributed by atoms with van der Waals surface area (Å²) in [6.45, 7) is 2.22. The van der Waals surface area contributed by atoms with E-state index in [4.69, 9.17) is 23.9 Å². The lowest BCUT2D eigenvalue weighted by Gasteiger charge is -2.18. The van der Waals surface area contributed by atoms with Gasteiger partial charge in [0.1, 0.15) is 6.10 Å². The van der Waals surface area contributed by atoms with E-state index in [9.17, 15) is 8.42 Å². The van der Waals surface area contributed by atoms with Crippen molar-refractivity contribution < 1.29 is 32.3 Å². The van der Waals surface area contributed by atoms with Gasteiger partial charge in [-0.2, -0.15) is 8.42 Å². The quantitative estimate of drug-likeness (QED) is 0.625. The van der Waals surface area contributed by atoms with E-state index in [-0.39, 0.29) is 23.4 Å². The van der Waals surface area contributed by atoms with Crippen molar-refractivity contribution in [1.82, 2.24) is 0 Å². The molecule has 0 aliphatic carbocycles. The van der Waals surface area contributed by atoms with Crippen LogP contribution in [0.4, 0.5) is 0 Å². The number of ether oxygens (including phenoxy) is 3. The van der Waals surface area contributed by atoms with E-state index in [1.54, 1.807) is 26.4 Å². The van der Waals surface area contributed by atoms with Gasteiger partial charge in [-0.3, -0.25) is 4.55 Å². The Balaban J connectivity index is 0.000000220. The molecule has 2 N–H and O–H groups in total. The molecule has 0 radical (unpaired) electrons. The van der Waals surface area contributed by atoms with Crippen molar-refractivity contribution in [2.45, 2.75) is 36.7 Å². The number of hydrogen-bond donors (Lipinski definition) is 2. The first-order chi connectivity index (χ1) is 10.3. The van der Waals surface area contributed by atoms with Crippen molar-refractivity contribution in [3.63, 3.8) is 0 Å². The number of hydrogen-bond acceptors (Lipinski definition) is 6. The molecule has 0 amide bonds. The minimum Gasteiger partial charge on any atom is -0.391 e. The van der Waals surface area contributed by atoms with Crippen LogP contribution in [-0.2, 0) is 24.3 Å². The van der Waals surface area contributed by atoms with E-state index in [1.807, 2.05) is 6.92 Å². The molecular weight excluding hydrogens is 312 g/mol. The molecule has 0 aromatic heterocycles. The Bertz CT molecular complexity index is 537. The third-order valence-electron chi connectivity index (χ3n) is 3.09. The van der Waals surface area contributed by atoms with Crippen molar-refractivity contribution in [3.05, 3.63) is 29.8 Å². The van der Waals surface area contributed by atoms with Gasteiger partial charge in [-0.1, -0.05) is 17.7 Å². The summed E-state index contributed by atoms with van der Waals surface area (Å²) in [7, 11) is -0.904. The van der Waals surface area contributed by atoms with E-state index in [1.165, 1.54) is 12.1 Å². The van der Waals surface area contributed by atoms with E-state index in [0.717, 1.165) is 5.56 Å². The van der Waals surface area contributed by atoms with Gasteiger partial charge in [-0.05, 0) is 19.1 Å². The monoisotopic (exact) mass is 334 g/mol. The van der Waals surface area contributed by atoms with Gasteiger partial charge in [-0.15, -0.1) is 0 Å². The third kappa shape index (κ3) is 5.99. The zero-order chi connectivity index (χ0) is 16.8. The predicted octanol–water partition coefficient (Wildman–Crippen LogP) is 0.997. The molecule has 0 bridgehead atoms. The van der Waals surface area contributed by atoms with Crippen LogP contribution in [0.15, 0.2) is 29.2 Å². The fourth-order valence-corrected chi connectivity index (χ4v) is 2.42. The molecule has 22 heavy (non-hydrogen) atoms. The second-order valence-corrected chi connectivity index (χ2v) is 6.31. The van der Waals surface area contributed by atoms with Gasteiger partial charge in [0.05, 0.1) is 17.6 Å². The van der Waals surface area contributed by atoms with Gasteiger partial charge >= 0.3 is 0 Å². The molecule has 2 atom stereocenters. The standard InChI is InChI=1S/C7H14O4.C7H8O3S/c1-9-7(10-2)6-3-5(8)4-11-6;1-6-2-4-7(5-3-6)11(8,9)10/h5-8H,3-4H2,1-2H3;2-5H,1H3,(H,8,9,10)/t5-,6+;/m0./s1. The minimum absolute atomic E-state index is 0.0666. The number of aryl methyl sites for hydroxylation is 1. The summed E-state index contributed by atoms with van der Waals surface area (Å²) in [5.74, 6) is 0. The largest absolute Gasteiger partial charge is 0.391 e. The van der Waals surface area contributed by atoms with Gasteiger partial charge < -0.3 is 19.3 Å². The summed E-state index contributed by atoms with van der Waals surface area (Å²) >= 11 is 0. The first-order valence-corrected chi connectivity index (χ1v) is 8.11. The Morgan fingerprint density at radius 1 is 1.23 bits per heavy atom. The third-order valence-corrected chi connectivity index (χ3v) is 3.96. The van der Waals surface area contributed by atoms with Crippen LogP contribution < -0.4 is 0 Å². The highest BCUT2D eigenvalue weighted by molar-refractivity contribution is 7.85. The first-order valence-electron chi connectivity index (χ1n) is 6.67. The van der Waals surface area contributed by atoms with Crippen molar-refractivity contribution in [2.24, 2.45) is 0 Å². The SMILES string of the molecule is COC(OC)[C@H]1C[C@H](O)CO1.Cc1ccc(S(=O)(=O)O)cc1. The molecule has 1 fully saturated rings. The van der Waals surface area contributed by atoms with E-state index < -0.39 is 10.1 Å². The topological polar surface area (TPSA) is 102 Å². The Morgan fingerprint density at radius 3 is 2.14 bits per heavy atom. The molecule has 1 heterocycles. The van der Waals surface area contributed by atoms with Crippen LogP contribution in [0.5, 0.6) is 0 Å². The second-order valence-electron chi connectivity index (χ2n) is 4.89. The van der Waals surface area contributed by atoms with Crippen LogP contribution in [0.3, 0.4) is 0 Å². The highest BCUT2D eigenvalue weighted by Gasteiger charge is 2.30. The van der Waals surface area contributed by atoms with Gasteiger partial charge in [0.15, 0.2) is 6.29 Å². The molecule has 0 saturated carbocycles. The molecule has 1 saturated heterocycles. The number of aliphatic hydroxyl groups is 1. The zero-order valence-corrected chi connectivity index (χ0v) is 13.6. The highest BCUT2D eigenvalue weighted by Crippen LogP contribution is 2.18. The molecule has 7 nitrogen and oxygen atoms in total. The minimum atomic E-state index is -4.02. The molecule has 2 rings (SSSR count). The van der Waals surface area contributed by atoms with Crippen molar-refractivity contribution >= 4 is 10.1 Å². The molecule has 1 aromatic rings. The first kappa shape index (κ1) is 19.0. The second kappa shape index (κ2) is 8.56. The fraction of sp³-hybridized carbons (Fsp3) is 0.571. The highest BCUT2D eigenvalue weighted by atomic mass is 32.2. The lowest BCUT2D eigenvalue weighted by Crippen LogP contribution is -2.29. The summed E-state index contributed by atoms with van der Waals surface area (Å²) in [4.78, 5) is -0.0666. The van der Waals surface area contributed by atoms with Gasteiger partial charge in [0.25, 0.3) is 10.1 Å². The van der Waals surface area contributed by atoms with Crippen molar-refractivity contribution in [2.75, 3.05) is 20.8 Å². The van der Waals surface area contributed by atoms with Crippen LogP contribution in [0.2, 0.25) is 0 Å². The molecule has 126 valence electrons. The Hall–Kier alpha value is -1.03. The molecule has 1 aromatic carbocycles. The van der Waals surface area contributed by atoms with Gasteiger partial charge in [-0.25, -0.2) is 0 Å². The maximum absolute atomic E-state index is 10.5. The lowest BCUT2D eigenvalue weighted by atomic mass is 10.2. The maximum Gasteiger partial charge on any atom is 0.294 e. The van der Waals surface area contributed by atoms with Crippen LogP contribution in [0, 0.1) is 6.92 Å². The Labute approximate surface area is 130 Å². The average molecular weight is 334 g/mol. The zero-order valence-electron chi connectivity index (χ0n) is 12.8. The van der Waals surface area contributed by atoms with E-state index in [2.05, 4.69) is 0 Å². The smallest absolute Gasteiger partial charge is 0.294 e. The number of benzene rings is 1. The van der Waals surface area contributed by atoms with Gasteiger partial charge in [0, 0.05) is 20.6 Å².